The number of allylic oxidation sites excluding steroid dienone is 4. The summed E-state index contributed by atoms with van der Waals surface area (Å²) in [6.07, 6.45) is 22.2. The van der Waals surface area contributed by atoms with Gasteiger partial charge in [0, 0.05) is 31.9 Å². The summed E-state index contributed by atoms with van der Waals surface area (Å²) in [6, 6.07) is 7.62. The number of esters is 2. The molecule has 47 heavy (non-hydrogen) atoms. The number of rotatable bonds is 27. The van der Waals surface area contributed by atoms with Gasteiger partial charge in [0.05, 0.1) is 13.0 Å². The first-order chi connectivity index (χ1) is 23.0. The molecule has 1 aromatic carbocycles. The van der Waals surface area contributed by atoms with Crippen molar-refractivity contribution in [3.63, 3.8) is 0 Å². The van der Waals surface area contributed by atoms with Crippen molar-refractivity contribution in [3.8, 4) is 0 Å². The van der Waals surface area contributed by atoms with E-state index in [9.17, 15) is 9.59 Å². The van der Waals surface area contributed by atoms with E-state index < -0.39 is 0 Å². The highest BCUT2D eigenvalue weighted by molar-refractivity contribution is 7.80. The number of hydrogen-bond donors (Lipinski definition) is 1. The number of piperidine rings is 1. The molecule has 1 fully saturated rings. The maximum absolute atomic E-state index is 12.5. The second-order valence-electron chi connectivity index (χ2n) is 12.5. The Bertz CT molecular complexity index is 966. The quantitative estimate of drug-likeness (QED) is 0.0330. The molecule has 0 amide bonds. The van der Waals surface area contributed by atoms with Crippen LogP contribution in [0.2, 0.25) is 0 Å². The summed E-state index contributed by atoms with van der Waals surface area (Å²) in [4.78, 5) is 27.3. The molecule has 266 valence electrons. The standard InChI is InChI=1S/C39H63NO6S/c1-3-5-7-9-11-13-28-44-39(45-29-14-12-10-8-6-4-2)17-15-16-37(41)46-33-36-20-18-35(19-21-36)32-38(42)43-30-24-34-22-25-40(26-23-34)27-31-47/h5-8,18-21,34,39,47H,3-4,9-17,22-33H2,1-2H3/b7-5-,8-6-. The van der Waals surface area contributed by atoms with Crippen LogP contribution in [0.1, 0.15) is 115 Å². The Morgan fingerprint density at radius 2 is 1.43 bits per heavy atom. The first-order valence-electron chi connectivity index (χ1n) is 18.3. The summed E-state index contributed by atoms with van der Waals surface area (Å²) in [5.74, 6) is 1.10. The van der Waals surface area contributed by atoms with Gasteiger partial charge in [-0.25, -0.2) is 0 Å². The van der Waals surface area contributed by atoms with Crippen molar-refractivity contribution in [3.05, 3.63) is 59.7 Å². The normalized spacial score (nSPS) is 14.5. The molecule has 1 aliphatic rings. The largest absolute Gasteiger partial charge is 0.465 e. The van der Waals surface area contributed by atoms with Crippen LogP contribution in [-0.4, -0.2) is 68.3 Å². The molecule has 0 atom stereocenters. The minimum absolute atomic E-state index is 0.198. The predicted molar refractivity (Wildman–Crippen MR) is 195 cm³/mol. The molecule has 0 saturated carbocycles. The summed E-state index contributed by atoms with van der Waals surface area (Å²) in [5, 5.41) is 0. The van der Waals surface area contributed by atoms with Crippen molar-refractivity contribution in [1.29, 1.82) is 0 Å². The molecular formula is C39H63NO6S. The van der Waals surface area contributed by atoms with Gasteiger partial charge in [0.2, 0.25) is 0 Å². The number of hydrogen-bond acceptors (Lipinski definition) is 8. The molecular weight excluding hydrogens is 610 g/mol. The average molecular weight is 674 g/mol. The lowest BCUT2D eigenvalue weighted by Gasteiger charge is -2.31. The van der Waals surface area contributed by atoms with Gasteiger partial charge in [0.25, 0.3) is 0 Å². The van der Waals surface area contributed by atoms with Gasteiger partial charge >= 0.3 is 11.9 Å². The predicted octanol–water partition coefficient (Wildman–Crippen LogP) is 8.65. The molecule has 0 spiro atoms. The van der Waals surface area contributed by atoms with E-state index in [2.05, 4.69) is 55.7 Å². The Balaban J connectivity index is 1.62. The number of carbonyl (C=O) groups is 2. The van der Waals surface area contributed by atoms with E-state index in [0.717, 1.165) is 107 Å². The maximum atomic E-state index is 12.5. The molecule has 0 N–H and O–H groups in total. The van der Waals surface area contributed by atoms with Crippen LogP contribution < -0.4 is 0 Å². The lowest BCUT2D eigenvalue weighted by atomic mass is 9.94. The molecule has 0 aliphatic carbocycles. The highest BCUT2D eigenvalue weighted by atomic mass is 32.1. The Kier molecular flexibility index (Phi) is 24.3. The molecule has 1 aromatic rings. The second-order valence-corrected chi connectivity index (χ2v) is 12.9. The Labute approximate surface area is 291 Å². The Morgan fingerprint density at radius 1 is 0.809 bits per heavy atom. The number of ether oxygens (including phenoxy) is 4. The van der Waals surface area contributed by atoms with Gasteiger partial charge in [-0.2, -0.15) is 12.6 Å². The number of unbranched alkanes of at least 4 members (excludes halogenated alkanes) is 4. The first-order valence-corrected chi connectivity index (χ1v) is 18.9. The first kappa shape index (κ1) is 41.0. The smallest absolute Gasteiger partial charge is 0.310 e. The minimum Gasteiger partial charge on any atom is -0.465 e. The summed E-state index contributed by atoms with van der Waals surface area (Å²) < 4.78 is 23.2. The van der Waals surface area contributed by atoms with E-state index in [1.165, 1.54) is 0 Å². The topological polar surface area (TPSA) is 74.3 Å². The van der Waals surface area contributed by atoms with E-state index in [-0.39, 0.29) is 31.3 Å². The third-order valence-electron chi connectivity index (χ3n) is 8.45. The van der Waals surface area contributed by atoms with Crippen LogP contribution in [0.3, 0.4) is 0 Å². The number of carbonyl (C=O) groups excluding carboxylic acids is 2. The molecule has 0 unspecified atom stereocenters. The summed E-state index contributed by atoms with van der Waals surface area (Å²) in [7, 11) is 0. The molecule has 0 bridgehead atoms. The van der Waals surface area contributed by atoms with Crippen molar-refractivity contribution in [2.24, 2.45) is 5.92 Å². The van der Waals surface area contributed by atoms with Gasteiger partial charge in [-0.3, -0.25) is 9.59 Å². The molecule has 1 saturated heterocycles. The van der Waals surface area contributed by atoms with Crippen LogP contribution in [0.5, 0.6) is 0 Å². The van der Waals surface area contributed by atoms with Gasteiger partial charge in [0.1, 0.15) is 6.61 Å². The van der Waals surface area contributed by atoms with Crippen LogP contribution in [0.25, 0.3) is 0 Å². The van der Waals surface area contributed by atoms with E-state index >= 15 is 0 Å². The fourth-order valence-electron chi connectivity index (χ4n) is 5.54. The molecule has 0 aromatic heterocycles. The highest BCUT2D eigenvalue weighted by Gasteiger charge is 2.19. The van der Waals surface area contributed by atoms with Crippen molar-refractivity contribution < 1.29 is 28.5 Å². The molecule has 7 nitrogen and oxygen atoms in total. The lowest BCUT2D eigenvalue weighted by molar-refractivity contribution is -0.152. The molecule has 1 aliphatic heterocycles. The van der Waals surface area contributed by atoms with Crippen LogP contribution in [0, 0.1) is 5.92 Å². The minimum atomic E-state index is -0.291. The molecule has 1 heterocycles. The lowest BCUT2D eigenvalue weighted by Crippen LogP contribution is -2.35. The van der Waals surface area contributed by atoms with Crippen LogP contribution in [-0.2, 0) is 41.6 Å². The fraction of sp³-hybridized carbons (Fsp3) is 0.692. The molecule has 2 rings (SSSR count). The number of likely N-dealkylation sites (tertiary alicyclic amines) is 1. The van der Waals surface area contributed by atoms with Gasteiger partial charge in [-0.1, -0.05) is 62.4 Å². The van der Waals surface area contributed by atoms with E-state index in [1.807, 2.05) is 24.3 Å². The van der Waals surface area contributed by atoms with Crippen molar-refractivity contribution >= 4 is 24.6 Å². The monoisotopic (exact) mass is 673 g/mol. The highest BCUT2D eigenvalue weighted by Crippen LogP contribution is 2.20. The number of thiol groups is 1. The molecule has 0 radical (unpaired) electrons. The van der Waals surface area contributed by atoms with Crippen LogP contribution >= 0.6 is 12.6 Å². The molecule has 8 heteroatoms. The van der Waals surface area contributed by atoms with Crippen molar-refractivity contribution in [2.45, 2.75) is 123 Å². The van der Waals surface area contributed by atoms with Gasteiger partial charge in [-0.05, 0) is 114 Å². The summed E-state index contributed by atoms with van der Waals surface area (Å²) in [6.45, 7) is 9.60. The zero-order chi connectivity index (χ0) is 33.8. The SMILES string of the molecule is CC/C=C\CCCCOC(CCCC(=O)OCc1ccc(CC(=O)OCCC2CCN(CCS)CC2)cc1)OCCCC/C=C\CC. The van der Waals surface area contributed by atoms with Gasteiger partial charge in [0.15, 0.2) is 6.29 Å². The van der Waals surface area contributed by atoms with E-state index in [1.54, 1.807) is 0 Å². The average Bonchev–Trinajstić information content (AvgIpc) is 3.07. The summed E-state index contributed by atoms with van der Waals surface area (Å²) >= 11 is 4.32. The zero-order valence-electron chi connectivity index (χ0n) is 29.4. The number of nitrogens with zero attached hydrogens (tertiary/aromatic N) is 1. The van der Waals surface area contributed by atoms with E-state index in [0.29, 0.717) is 45.0 Å². The van der Waals surface area contributed by atoms with Crippen molar-refractivity contribution in [2.75, 3.05) is 45.2 Å². The van der Waals surface area contributed by atoms with Gasteiger partial charge < -0.3 is 23.8 Å². The van der Waals surface area contributed by atoms with Gasteiger partial charge in [-0.15, -0.1) is 0 Å². The van der Waals surface area contributed by atoms with Crippen LogP contribution in [0.15, 0.2) is 48.6 Å². The fourth-order valence-corrected chi connectivity index (χ4v) is 5.82. The second kappa shape index (κ2) is 27.8. The zero-order valence-corrected chi connectivity index (χ0v) is 30.3. The van der Waals surface area contributed by atoms with Crippen LogP contribution in [0.4, 0.5) is 0 Å². The summed E-state index contributed by atoms with van der Waals surface area (Å²) in [5.41, 5.74) is 1.79. The van der Waals surface area contributed by atoms with E-state index in [4.69, 9.17) is 18.9 Å². The van der Waals surface area contributed by atoms with Crippen molar-refractivity contribution in [1.82, 2.24) is 4.90 Å². The Hall–Kier alpha value is -2.13. The number of benzene rings is 1. The third kappa shape index (κ3) is 21.5. The Morgan fingerprint density at radius 3 is 2.02 bits per heavy atom. The maximum Gasteiger partial charge on any atom is 0.310 e. The third-order valence-corrected chi connectivity index (χ3v) is 8.65.